The zero-order chi connectivity index (χ0) is 9.40. The summed E-state index contributed by atoms with van der Waals surface area (Å²) in [6.07, 6.45) is 0. The van der Waals surface area contributed by atoms with Gasteiger partial charge in [0, 0.05) is 19.6 Å². The Bertz CT molecular complexity index is 122. The SMILES string of the molecule is CCNCCN(CC)N(O)N=O. The van der Waals surface area contributed by atoms with Crippen molar-refractivity contribution >= 4 is 0 Å². The predicted octanol–water partition coefficient (Wildman–Crippen LogP) is 0.205. The van der Waals surface area contributed by atoms with Crippen LogP contribution in [0, 0.1) is 4.91 Å². The van der Waals surface area contributed by atoms with E-state index in [9.17, 15) is 4.91 Å². The van der Waals surface area contributed by atoms with E-state index in [0.717, 1.165) is 13.1 Å². The number of nitroso groups, excluding NO2 is 1. The minimum Gasteiger partial charge on any atom is -0.316 e. The predicted molar refractivity (Wildman–Crippen MR) is 45.2 cm³/mol. The topological polar surface area (TPSA) is 68.2 Å². The molecule has 0 aliphatic carbocycles. The molecule has 12 heavy (non-hydrogen) atoms. The number of rotatable bonds is 7. The molecule has 0 rings (SSSR count). The molecule has 0 aromatic carbocycles. The molecule has 0 saturated carbocycles. The smallest absolute Gasteiger partial charge is 0.0962 e. The van der Waals surface area contributed by atoms with Crippen LogP contribution in [0.5, 0.6) is 0 Å². The van der Waals surface area contributed by atoms with Gasteiger partial charge in [-0.2, -0.15) is 5.01 Å². The van der Waals surface area contributed by atoms with Crippen LogP contribution in [0.4, 0.5) is 0 Å². The average Bonchev–Trinajstić information content (AvgIpc) is 2.11. The van der Waals surface area contributed by atoms with Gasteiger partial charge in [0.1, 0.15) is 0 Å². The van der Waals surface area contributed by atoms with E-state index in [2.05, 4.69) is 10.6 Å². The van der Waals surface area contributed by atoms with Crippen LogP contribution in [0.2, 0.25) is 0 Å². The molecule has 0 aromatic rings. The Morgan fingerprint density at radius 2 is 2.17 bits per heavy atom. The van der Waals surface area contributed by atoms with Crippen molar-refractivity contribution in [2.45, 2.75) is 13.8 Å². The monoisotopic (exact) mass is 176 g/mol. The Morgan fingerprint density at radius 3 is 2.58 bits per heavy atom. The zero-order valence-corrected chi connectivity index (χ0v) is 7.53. The van der Waals surface area contributed by atoms with E-state index in [1.807, 2.05) is 13.8 Å². The maximum absolute atomic E-state index is 9.90. The fourth-order valence-corrected chi connectivity index (χ4v) is 0.811. The molecule has 0 unspecified atom stereocenters. The molecule has 72 valence electrons. The van der Waals surface area contributed by atoms with Gasteiger partial charge in [0.2, 0.25) is 0 Å². The quantitative estimate of drug-likeness (QED) is 0.329. The van der Waals surface area contributed by atoms with Crippen LogP contribution >= 0.6 is 0 Å². The average molecular weight is 176 g/mol. The lowest BCUT2D eigenvalue weighted by atomic mass is 10.5. The fourth-order valence-electron chi connectivity index (χ4n) is 0.811. The lowest BCUT2D eigenvalue weighted by Crippen LogP contribution is -2.40. The van der Waals surface area contributed by atoms with Crippen molar-refractivity contribution in [2.75, 3.05) is 26.2 Å². The highest BCUT2D eigenvalue weighted by Crippen LogP contribution is 1.92. The van der Waals surface area contributed by atoms with E-state index >= 15 is 0 Å². The Kier molecular flexibility index (Phi) is 6.54. The lowest BCUT2D eigenvalue weighted by Gasteiger charge is -2.22. The van der Waals surface area contributed by atoms with Gasteiger partial charge in [-0.3, -0.25) is 5.21 Å². The molecule has 0 amide bonds. The molecule has 0 saturated heterocycles. The van der Waals surface area contributed by atoms with Gasteiger partial charge < -0.3 is 5.32 Å². The van der Waals surface area contributed by atoms with Gasteiger partial charge in [0.15, 0.2) is 0 Å². The van der Waals surface area contributed by atoms with E-state index in [-0.39, 0.29) is 0 Å². The van der Waals surface area contributed by atoms with Crippen LogP contribution in [-0.4, -0.2) is 41.7 Å². The zero-order valence-electron chi connectivity index (χ0n) is 7.53. The molecule has 6 nitrogen and oxygen atoms in total. The summed E-state index contributed by atoms with van der Waals surface area (Å²) in [6.45, 7) is 6.53. The highest BCUT2D eigenvalue weighted by atomic mass is 16.6. The van der Waals surface area contributed by atoms with Crippen molar-refractivity contribution < 1.29 is 5.21 Å². The summed E-state index contributed by atoms with van der Waals surface area (Å²) in [5.74, 6) is 0. The van der Waals surface area contributed by atoms with Gasteiger partial charge in [-0.1, -0.05) is 19.1 Å². The molecular formula is C6H16N4O2. The van der Waals surface area contributed by atoms with Gasteiger partial charge in [-0.15, -0.1) is 4.91 Å². The van der Waals surface area contributed by atoms with Crippen LogP contribution in [0.25, 0.3) is 0 Å². The summed E-state index contributed by atoms with van der Waals surface area (Å²) in [6, 6.07) is 0. The van der Waals surface area contributed by atoms with E-state index in [1.54, 1.807) is 0 Å². The number of hydrogen-bond acceptors (Lipinski definition) is 5. The van der Waals surface area contributed by atoms with Gasteiger partial charge in [-0.05, 0) is 6.54 Å². The third-order valence-corrected chi connectivity index (χ3v) is 1.49. The largest absolute Gasteiger partial charge is 0.316 e. The highest BCUT2D eigenvalue weighted by molar-refractivity contribution is 4.49. The number of nitrogens with zero attached hydrogens (tertiary/aromatic N) is 3. The number of likely N-dealkylation sites (N-methyl/N-ethyl adjacent to an activating group) is 2. The lowest BCUT2D eigenvalue weighted by molar-refractivity contribution is -0.245. The van der Waals surface area contributed by atoms with Crippen LogP contribution in [0.1, 0.15) is 13.8 Å². The van der Waals surface area contributed by atoms with Crippen LogP contribution in [-0.2, 0) is 0 Å². The van der Waals surface area contributed by atoms with E-state index < -0.39 is 0 Å². The van der Waals surface area contributed by atoms with Crippen molar-refractivity contribution in [3.63, 3.8) is 0 Å². The maximum atomic E-state index is 9.90. The van der Waals surface area contributed by atoms with Gasteiger partial charge >= 0.3 is 0 Å². The molecular weight excluding hydrogens is 160 g/mol. The summed E-state index contributed by atoms with van der Waals surface area (Å²) in [5.41, 5.74) is 0. The van der Waals surface area contributed by atoms with Crippen molar-refractivity contribution in [1.82, 2.24) is 15.6 Å². The van der Waals surface area contributed by atoms with Crippen LogP contribution in [0.3, 0.4) is 0 Å². The maximum Gasteiger partial charge on any atom is 0.0962 e. The number of hydrogen-bond donors (Lipinski definition) is 2. The first-order valence-corrected chi connectivity index (χ1v) is 4.04. The van der Waals surface area contributed by atoms with Crippen molar-refractivity contribution in [1.29, 1.82) is 0 Å². The van der Waals surface area contributed by atoms with Crippen LogP contribution < -0.4 is 5.32 Å². The van der Waals surface area contributed by atoms with Crippen molar-refractivity contribution in [3.05, 3.63) is 4.91 Å². The summed E-state index contributed by atoms with van der Waals surface area (Å²) in [7, 11) is 0. The highest BCUT2D eigenvalue weighted by Gasteiger charge is 2.08. The first-order valence-electron chi connectivity index (χ1n) is 4.04. The third-order valence-electron chi connectivity index (χ3n) is 1.49. The number of hydrazine groups is 1. The normalized spacial score (nSPS) is 10.3. The Hall–Kier alpha value is -0.720. The second kappa shape index (κ2) is 6.96. The molecule has 0 bridgehead atoms. The molecule has 0 atom stereocenters. The second-order valence-electron chi connectivity index (χ2n) is 2.25. The second-order valence-corrected chi connectivity index (χ2v) is 2.25. The molecule has 2 N–H and O–H groups in total. The fraction of sp³-hybridized carbons (Fsp3) is 1.00. The third kappa shape index (κ3) is 4.22. The molecule has 0 fully saturated rings. The van der Waals surface area contributed by atoms with E-state index in [4.69, 9.17) is 5.21 Å². The summed E-state index contributed by atoms with van der Waals surface area (Å²) >= 11 is 0. The van der Waals surface area contributed by atoms with Crippen molar-refractivity contribution in [3.8, 4) is 0 Å². The Morgan fingerprint density at radius 1 is 1.50 bits per heavy atom. The molecule has 0 aliphatic heterocycles. The molecule has 0 aromatic heterocycles. The molecule has 0 radical (unpaired) electrons. The minimum atomic E-state index is 0.331. The molecule has 0 spiro atoms. The van der Waals surface area contributed by atoms with Crippen molar-refractivity contribution in [2.24, 2.45) is 5.29 Å². The standard InChI is InChI=1S/C6H16N4O2/c1-3-7-5-6-9(4-2)10(12)8-11/h7,12H,3-6H2,1-2H3. The summed E-state index contributed by atoms with van der Waals surface area (Å²) in [4.78, 5) is 9.90. The summed E-state index contributed by atoms with van der Waals surface area (Å²) < 4.78 is 0. The first-order chi connectivity index (χ1) is 5.76. The van der Waals surface area contributed by atoms with Gasteiger partial charge in [0.05, 0.1) is 5.29 Å². The van der Waals surface area contributed by atoms with Crippen LogP contribution in [0.15, 0.2) is 5.29 Å². The molecule has 0 aliphatic rings. The first kappa shape index (κ1) is 11.3. The summed E-state index contributed by atoms with van der Waals surface area (Å²) in [5, 5.41) is 16.1. The number of nitrogens with one attached hydrogen (secondary N) is 1. The van der Waals surface area contributed by atoms with E-state index in [1.165, 1.54) is 5.01 Å². The van der Waals surface area contributed by atoms with E-state index in [0.29, 0.717) is 18.4 Å². The Balaban J connectivity index is 3.59. The van der Waals surface area contributed by atoms with Gasteiger partial charge in [-0.25, -0.2) is 0 Å². The van der Waals surface area contributed by atoms with Gasteiger partial charge in [0.25, 0.3) is 0 Å². The molecule has 0 heterocycles. The Labute approximate surface area is 72.0 Å². The molecule has 6 heteroatoms. The minimum absolute atomic E-state index is 0.331.